The van der Waals surface area contributed by atoms with Gasteiger partial charge < -0.3 is 20.3 Å². The number of carbonyl (C=O) groups is 2. The second-order valence-electron chi connectivity index (χ2n) is 24.2. The summed E-state index contributed by atoms with van der Waals surface area (Å²) in [5.74, 6) is -0.0158. The molecular formula is C70H137NO5. The zero-order chi connectivity index (χ0) is 55.0. The smallest absolute Gasteiger partial charge is 0.305 e. The summed E-state index contributed by atoms with van der Waals surface area (Å²) >= 11 is 0. The largest absolute Gasteiger partial charge is 0.466 e. The summed E-state index contributed by atoms with van der Waals surface area (Å²) in [7, 11) is 0. The van der Waals surface area contributed by atoms with E-state index >= 15 is 0 Å². The highest BCUT2D eigenvalue weighted by atomic mass is 16.5. The highest BCUT2D eigenvalue weighted by molar-refractivity contribution is 5.76. The third kappa shape index (κ3) is 61.8. The van der Waals surface area contributed by atoms with E-state index in [0.29, 0.717) is 25.9 Å². The summed E-state index contributed by atoms with van der Waals surface area (Å²) in [6, 6.07) is -0.533. The quantitative estimate of drug-likeness (QED) is 0.0320. The fourth-order valence-electron chi connectivity index (χ4n) is 11.2. The molecule has 0 bridgehead atoms. The van der Waals surface area contributed by atoms with E-state index in [4.69, 9.17) is 4.74 Å². The van der Waals surface area contributed by atoms with Crippen LogP contribution >= 0.6 is 0 Å². The van der Waals surface area contributed by atoms with Crippen molar-refractivity contribution in [1.82, 2.24) is 5.32 Å². The van der Waals surface area contributed by atoms with Gasteiger partial charge in [0.2, 0.25) is 5.91 Å². The molecule has 0 aliphatic rings. The summed E-state index contributed by atoms with van der Waals surface area (Å²) in [5, 5.41) is 23.1. The molecule has 0 saturated carbocycles. The number of aliphatic hydroxyl groups is 2. The van der Waals surface area contributed by atoms with Gasteiger partial charge in [-0.2, -0.15) is 0 Å². The number of unbranched alkanes of at least 4 members (excludes halogenated alkanes) is 53. The van der Waals surface area contributed by atoms with Crippen LogP contribution in [-0.2, 0) is 14.3 Å². The number of nitrogens with one attached hydrogen (secondary N) is 1. The minimum atomic E-state index is -0.656. The topological polar surface area (TPSA) is 95.9 Å². The van der Waals surface area contributed by atoms with E-state index < -0.39 is 12.1 Å². The molecule has 0 aromatic carbocycles. The molecule has 0 fully saturated rings. The van der Waals surface area contributed by atoms with Crippen molar-refractivity contribution in [3.05, 3.63) is 12.2 Å². The van der Waals surface area contributed by atoms with Crippen LogP contribution in [-0.4, -0.2) is 47.4 Å². The first kappa shape index (κ1) is 74.6. The fraction of sp³-hybridized carbons (Fsp3) is 0.943. The molecule has 0 aliphatic carbocycles. The number of aliphatic hydroxyl groups excluding tert-OH is 2. The van der Waals surface area contributed by atoms with Gasteiger partial charge in [-0.1, -0.05) is 353 Å². The Morgan fingerprint density at radius 1 is 0.355 bits per heavy atom. The second kappa shape index (κ2) is 66.1. The number of hydrogen-bond acceptors (Lipinski definition) is 5. The van der Waals surface area contributed by atoms with E-state index in [9.17, 15) is 19.8 Å². The lowest BCUT2D eigenvalue weighted by Gasteiger charge is -2.22. The lowest BCUT2D eigenvalue weighted by molar-refractivity contribution is -0.143. The first-order chi connectivity index (χ1) is 37.5. The Bertz CT molecular complexity index is 1140. The van der Waals surface area contributed by atoms with E-state index in [1.54, 1.807) is 0 Å². The zero-order valence-electron chi connectivity index (χ0n) is 51.8. The molecule has 3 N–H and O–H groups in total. The molecule has 76 heavy (non-hydrogen) atoms. The Kier molecular flexibility index (Phi) is 64.9. The van der Waals surface area contributed by atoms with Crippen LogP contribution in [0, 0.1) is 0 Å². The van der Waals surface area contributed by atoms with Gasteiger partial charge in [-0.05, 0) is 44.9 Å². The Morgan fingerprint density at radius 3 is 0.974 bits per heavy atom. The molecule has 0 aliphatic heterocycles. The number of esters is 1. The van der Waals surface area contributed by atoms with Gasteiger partial charge in [-0.25, -0.2) is 0 Å². The van der Waals surface area contributed by atoms with Crippen molar-refractivity contribution < 1.29 is 24.5 Å². The molecule has 0 radical (unpaired) electrons. The number of ether oxygens (including phenoxy) is 1. The van der Waals surface area contributed by atoms with E-state index in [1.165, 1.54) is 321 Å². The maximum Gasteiger partial charge on any atom is 0.305 e. The van der Waals surface area contributed by atoms with Gasteiger partial charge in [0.25, 0.3) is 0 Å². The highest BCUT2D eigenvalue weighted by Gasteiger charge is 2.20. The average molecular weight is 1070 g/mol. The highest BCUT2D eigenvalue weighted by Crippen LogP contribution is 2.19. The van der Waals surface area contributed by atoms with Crippen molar-refractivity contribution in [3.63, 3.8) is 0 Å². The summed E-state index contributed by atoms with van der Waals surface area (Å²) in [4.78, 5) is 24.4. The van der Waals surface area contributed by atoms with Gasteiger partial charge >= 0.3 is 5.97 Å². The molecule has 0 rings (SSSR count). The van der Waals surface area contributed by atoms with Crippen molar-refractivity contribution in [1.29, 1.82) is 0 Å². The van der Waals surface area contributed by atoms with Crippen LogP contribution in [0.5, 0.6) is 0 Å². The molecule has 6 heteroatoms. The molecule has 6 nitrogen and oxygen atoms in total. The standard InChI is InChI=1S/C70H137NO5/c1-3-5-7-9-11-13-43-48-52-56-60-64-70(75)76-65-61-57-53-49-45-42-40-38-36-34-32-30-28-26-24-22-20-18-16-14-15-17-19-21-23-25-27-29-31-33-35-37-39-41-44-47-51-55-59-63-69(74)71-67(66-72)68(73)62-58-54-50-46-12-10-8-6-4-2/h9,11,67-68,72-73H,3-8,10,12-66H2,1-2H3,(H,71,74)/b11-9-. The Hall–Kier alpha value is -1.40. The summed E-state index contributed by atoms with van der Waals surface area (Å²) in [6.45, 7) is 4.92. The van der Waals surface area contributed by atoms with Crippen LogP contribution in [0.25, 0.3) is 0 Å². The van der Waals surface area contributed by atoms with Gasteiger partial charge in [0, 0.05) is 12.8 Å². The molecular weight excluding hydrogens is 935 g/mol. The third-order valence-corrected chi connectivity index (χ3v) is 16.6. The minimum Gasteiger partial charge on any atom is -0.466 e. The van der Waals surface area contributed by atoms with E-state index in [1.807, 2.05) is 0 Å². The van der Waals surface area contributed by atoms with Crippen molar-refractivity contribution >= 4 is 11.9 Å². The molecule has 452 valence electrons. The maximum atomic E-state index is 12.4. The lowest BCUT2D eigenvalue weighted by Crippen LogP contribution is -2.45. The van der Waals surface area contributed by atoms with Crippen LogP contribution in [0.2, 0.25) is 0 Å². The van der Waals surface area contributed by atoms with Crippen molar-refractivity contribution in [2.24, 2.45) is 0 Å². The van der Waals surface area contributed by atoms with Crippen LogP contribution in [0.15, 0.2) is 12.2 Å². The third-order valence-electron chi connectivity index (χ3n) is 16.6. The summed E-state index contributed by atoms with van der Waals surface area (Å²) in [6.07, 6.45) is 81.6. The average Bonchev–Trinajstić information content (AvgIpc) is 3.42. The zero-order valence-corrected chi connectivity index (χ0v) is 51.8. The predicted octanol–water partition coefficient (Wildman–Crippen LogP) is 22.4. The van der Waals surface area contributed by atoms with Crippen LogP contribution in [0.3, 0.4) is 0 Å². The molecule has 2 unspecified atom stereocenters. The van der Waals surface area contributed by atoms with Crippen molar-refractivity contribution in [2.45, 2.75) is 411 Å². The predicted molar refractivity (Wildman–Crippen MR) is 333 cm³/mol. The molecule has 2 atom stereocenters. The number of allylic oxidation sites excluding steroid dienone is 2. The van der Waals surface area contributed by atoms with Crippen molar-refractivity contribution in [3.8, 4) is 0 Å². The SMILES string of the molecule is CCCC/C=C\CCCCCCCC(=O)OCCCCCCCCCCCCCCCCCCCCCCCCCCCCCCCCCCCCCCCCCC(=O)NC(CO)C(O)CCCCCCCCCCC. The van der Waals surface area contributed by atoms with Gasteiger partial charge in [0.1, 0.15) is 0 Å². The molecule has 1 amide bonds. The molecule has 0 aromatic rings. The number of amides is 1. The summed E-state index contributed by atoms with van der Waals surface area (Å²) in [5.41, 5.74) is 0. The minimum absolute atomic E-state index is 0.0134. The van der Waals surface area contributed by atoms with Gasteiger partial charge in [-0.3, -0.25) is 9.59 Å². The normalized spacial score (nSPS) is 12.5. The Balaban J connectivity index is 3.25. The number of rotatable bonds is 66. The summed E-state index contributed by atoms with van der Waals surface area (Å²) < 4.78 is 5.47. The Labute approximate surface area is 476 Å². The van der Waals surface area contributed by atoms with Crippen molar-refractivity contribution in [2.75, 3.05) is 13.2 Å². The monoisotopic (exact) mass is 1070 g/mol. The van der Waals surface area contributed by atoms with E-state index in [-0.39, 0.29) is 18.5 Å². The molecule has 0 spiro atoms. The van der Waals surface area contributed by atoms with Gasteiger partial charge in [-0.15, -0.1) is 0 Å². The first-order valence-electron chi connectivity index (χ1n) is 34.9. The Morgan fingerprint density at radius 2 is 0.632 bits per heavy atom. The van der Waals surface area contributed by atoms with E-state index in [0.717, 1.165) is 44.9 Å². The molecule has 0 heterocycles. The van der Waals surface area contributed by atoms with Crippen LogP contribution < -0.4 is 5.32 Å². The van der Waals surface area contributed by atoms with E-state index in [2.05, 4.69) is 31.3 Å². The van der Waals surface area contributed by atoms with Crippen LogP contribution in [0.4, 0.5) is 0 Å². The van der Waals surface area contributed by atoms with Gasteiger partial charge in [0.15, 0.2) is 0 Å². The lowest BCUT2D eigenvalue weighted by atomic mass is 10.0. The molecule has 0 aromatic heterocycles. The first-order valence-corrected chi connectivity index (χ1v) is 34.9. The molecule has 0 saturated heterocycles. The number of carbonyl (C=O) groups excluding carboxylic acids is 2. The van der Waals surface area contributed by atoms with Crippen LogP contribution in [0.1, 0.15) is 399 Å². The number of hydrogen-bond donors (Lipinski definition) is 3. The maximum absolute atomic E-state index is 12.4. The fourth-order valence-corrected chi connectivity index (χ4v) is 11.2. The second-order valence-corrected chi connectivity index (χ2v) is 24.2. The van der Waals surface area contributed by atoms with Gasteiger partial charge in [0.05, 0.1) is 25.4 Å².